The summed E-state index contributed by atoms with van der Waals surface area (Å²) in [6, 6.07) is 13.0. The molecule has 0 bridgehead atoms. The van der Waals surface area contributed by atoms with E-state index in [1.165, 1.54) is 25.3 Å². The van der Waals surface area contributed by atoms with Crippen molar-refractivity contribution >= 4 is 11.9 Å². The first-order valence-electron chi connectivity index (χ1n) is 5.81. The highest BCUT2D eigenvalue weighted by atomic mass is 19.1. The molecule has 96 valence electrons. The molecule has 0 aliphatic carbocycles. The third kappa shape index (κ3) is 3.28. The van der Waals surface area contributed by atoms with Crippen LogP contribution in [0.4, 0.5) is 4.39 Å². The standard InChI is InChI=1S/C16H13FO2/c1-19-16-8-3-2-7-14(16)15(18)10-9-12-5-4-6-13(17)11-12/h2-11H,1H3. The summed E-state index contributed by atoms with van der Waals surface area (Å²) in [7, 11) is 1.52. The number of carbonyl (C=O) groups excluding carboxylic acids is 1. The fraction of sp³-hybridized carbons (Fsp3) is 0.0625. The molecule has 2 aromatic rings. The lowest BCUT2D eigenvalue weighted by molar-refractivity contribution is 0.104. The third-order valence-electron chi connectivity index (χ3n) is 2.65. The zero-order valence-electron chi connectivity index (χ0n) is 10.5. The van der Waals surface area contributed by atoms with Crippen LogP contribution >= 0.6 is 0 Å². The fourth-order valence-electron chi connectivity index (χ4n) is 1.72. The Balaban J connectivity index is 2.21. The smallest absolute Gasteiger partial charge is 0.189 e. The zero-order chi connectivity index (χ0) is 13.7. The van der Waals surface area contributed by atoms with Crippen molar-refractivity contribution in [1.82, 2.24) is 0 Å². The summed E-state index contributed by atoms with van der Waals surface area (Å²) in [4.78, 5) is 12.0. The average molecular weight is 256 g/mol. The second-order valence-corrected chi connectivity index (χ2v) is 3.95. The first-order valence-corrected chi connectivity index (χ1v) is 5.81. The molecule has 19 heavy (non-hydrogen) atoms. The van der Waals surface area contributed by atoms with Gasteiger partial charge in [-0.3, -0.25) is 4.79 Å². The Labute approximate surface area is 111 Å². The lowest BCUT2D eigenvalue weighted by atomic mass is 10.1. The molecule has 2 rings (SSSR count). The van der Waals surface area contributed by atoms with Gasteiger partial charge >= 0.3 is 0 Å². The van der Waals surface area contributed by atoms with Gasteiger partial charge in [-0.05, 0) is 35.9 Å². The van der Waals surface area contributed by atoms with Crippen LogP contribution in [-0.4, -0.2) is 12.9 Å². The van der Waals surface area contributed by atoms with Gasteiger partial charge in [-0.1, -0.05) is 30.3 Å². The van der Waals surface area contributed by atoms with Gasteiger partial charge in [0.2, 0.25) is 0 Å². The van der Waals surface area contributed by atoms with Crippen LogP contribution in [0.3, 0.4) is 0 Å². The number of carbonyl (C=O) groups is 1. The van der Waals surface area contributed by atoms with Crippen LogP contribution in [0.1, 0.15) is 15.9 Å². The first-order chi connectivity index (χ1) is 9.20. The Hall–Kier alpha value is -2.42. The van der Waals surface area contributed by atoms with Gasteiger partial charge in [-0.15, -0.1) is 0 Å². The summed E-state index contributed by atoms with van der Waals surface area (Å²) in [6.45, 7) is 0. The quantitative estimate of drug-likeness (QED) is 0.615. The number of hydrogen-bond donors (Lipinski definition) is 0. The van der Waals surface area contributed by atoms with Crippen molar-refractivity contribution in [3.63, 3.8) is 0 Å². The van der Waals surface area contributed by atoms with Crippen LogP contribution in [0.2, 0.25) is 0 Å². The molecule has 0 fully saturated rings. The molecule has 0 saturated heterocycles. The van der Waals surface area contributed by atoms with Gasteiger partial charge in [0.25, 0.3) is 0 Å². The van der Waals surface area contributed by atoms with Gasteiger partial charge in [0.15, 0.2) is 5.78 Å². The number of halogens is 1. The van der Waals surface area contributed by atoms with Crippen LogP contribution in [0.25, 0.3) is 6.08 Å². The SMILES string of the molecule is COc1ccccc1C(=O)C=Cc1cccc(F)c1. The zero-order valence-corrected chi connectivity index (χ0v) is 10.5. The molecule has 0 aliphatic rings. The predicted molar refractivity (Wildman–Crippen MR) is 72.8 cm³/mol. The van der Waals surface area contributed by atoms with Gasteiger partial charge in [-0.2, -0.15) is 0 Å². The highest BCUT2D eigenvalue weighted by Crippen LogP contribution is 2.18. The molecular formula is C16H13FO2. The van der Waals surface area contributed by atoms with Crippen LogP contribution in [0.15, 0.2) is 54.6 Å². The van der Waals surface area contributed by atoms with E-state index in [1.54, 1.807) is 42.5 Å². The van der Waals surface area contributed by atoms with Crippen molar-refractivity contribution in [2.24, 2.45) is 0 Å². The molecule has 0 aliphatic heterocycles. The number of rotatable bonds is 4. The number of benzene rings is 2. The molecular weight excluding hydrogens is 243 g/mol. The molecule has 0 unspecified atom stereocenters. The molecule has 0 heterocycles. The molecule has 0 amide bonds. The van der Waals surface area contributed by atoms with Gasteiger partial charge in [0.05, 0.1) is 12.7 Å². The van der Waals surface area contributed by atoms with Crippen molar-refractivity contribution in [3.8, 4) is 5.75 Å². The number of ether oxygens (including phenoxy) is 1. The Morgan fingerprint density at radius 2 is 1.95 bits per heavy atom. The second-order valence-electron chi connectivity index (χ2n) is 3.95. The van der Waals surface area contributed by atoms with E-state index in [1.807, 2.05) is 0 Å². The van der Waals surface area contributed by atoms with Crippen LogP contribution in [-0.2, 0) is 0 Å². The number of hydrogen-bond acceptors (Lipinski definition) is 2. The summed E-state index contributed by atoms with van der Waals surface area (Å²) in [5.41, 5.74) is 1.13. The van der Waals surface area contributed by atoms with Crippen LogP contribution < -0.4 is 4.74 Å². The average Bonchev–Trinajstić information content (AvgIpc) is 2.45. The van der Waals surface area contributed by atoms with Crippen LogP contribution in [0, 0.1) is 5.82 Å². The second kappa shape index (κ2) is 5.96. The number of para-hydroxylation sites is 1. The molecule has 0 saturated carbocycles. The minimum atomic E-state index is -0.327. The van der Waals surface area contributed by atoms with Gasteiger partial charge in [0.1, 0.15) is 11.6 Å². The van der Waals surface area contributed by atoms with Crippen molar-refractivity contribution < 1.29 is 13.9 Å². The number of ketones is 1. The fourth-order valence-corrected chi connectivity index (χ4v) is 1.72. The van der Waals surface area contributed by atoms with Gasteiger partial charge in [-0.25, -0.2) is 4.39 Å². The Morgan fingerprint density at radius 1 is 1.16 bits per heavy atom. The highest BCUT2D eigenvalue weighted by molar-refractivity contribution is 6.08. The van der Waals surface area contributed by atoms with Gasteiger partial charge < -0.3 is 4.74 Å². The first kappa shape index (κ1) is 13.0. The summed E-state index contributed by atoms with van der Waals surface area (Å²) in [5, 5.41) is 0. The van der Waals surface area contributed by atoms with E-state index in [0.717, 1.165) is 0 Å². The van der Waals surface area contributed by atoms with E-state index in [0.29, 0.717) is 16.9 Å². The predicted octanol–water partition coefficient (Wildman–Crippen LogP) is 3.73. The summed E-state index contributed by atoms with van der Waals surface area (Å²) in [5.74, 6) is 0.0185. The molecule has 2 aromatic carbocycles. The Morgan fingerprint density at radius 3 is 2.68 bits per heavy atom. The monoisotopic (exact) mass is 256 g/mol. The summed E-state index contributed by atoms with van der Waals surface area (Å²) < 4.78 is 18.1. The normalized spacial score (nSPS) is 10.6. The molecule has 0 spiro atoms. The van der Waals surface area contributed by atoms with E-state index in [9.17, 15) is 9.18 Å². The Kier molecular flexibility index (Phi) is 4.08. The Bertz CT molecular complexity index is 618. The lowest BCUT2D eigenvalue weighted by Crippen LogP contribution is -1.98. The highest BCUT2D eigenvalue weighted by Gasteiger charge is 2.07. The molecule has 0 atom stereocenters. The molecule has 2 nitrogen and oxygen atoms in total. The largest absolute Gasteiger partial charge is 0.496 e. The van der Waals surface area contributed by atoms with Crippen LogP contribution in [0.5, 0.6) is 5.75 Å². The lowest BCUT2D eigenvalue weighted by Gasteiger charge is -2.04. The van der Waals surface area contributed by atoms with Crippen molar-refractivity contribution in [3.05, 3.63) is 71.6 Å². The van der Waals surface area contributed by atoms with Crippen molar-refractivity contribution in [2.75, 3.05) is 7.11 Å². The maximum absolute atomic E-state index is 13.0. The van der Waals surface area contributed by atoms with Crippen molar-refractivity contribution in [1.29, 1.82) is 0 Å². The van der Waals surface area contributed by atoms with E-state index in [2.05, 4.69) is 0 Å². The van der Waals surface area contributed by atoms with E-state index in [4.69, 9.17) is 4.74 Å². The third-order valence-corrected chi connectivity index (χ3v) is 2.65. The molecule has 0 N–H and O–H groups in total. The maximum atomic E-state index is 13.0. The van der Waals surface area contributed by atoms with E-state index >= 15 is 0 Å². The maximum Gasteiger partial charge on any atom is 0.189 e. The van der Waals surface area contributed by atoms with E-state index < -0.39 is 0 Å². The molecule has 0 aromatic heterocycles. The number of methoxy groups -OCH3 is 1. The molecule has 0 radical (unpaired) electrons. The minimum absolute atomic E-state index is 0.179. The number of allylic oxidation sites excluding steroid dienone is 1. The van der Waals surface area contributed by atoms with Crippen molar-refractivity contribution in [2.45, 2.75) is 0 Å². The minimum Gasteiger partial charge on any atom is -0.496 e. The summed E-state index contributed by atoms with van der Waals surface area (Å²) >= 11 is 0. The van der Waals surface area contributed by atoms with E-state index in [-0.39, 0.29) is 11.6 Å². The molecule has 3 heteroatoms. The van der Waals surface area contributed by atoms with Gasteiger partial charge in [0, 0.05) is 0 Å². The topological polar surface area (TPSA) is 26.3 Å². The summed E-state index contributed by atoms with van der Waals surface area (Å²) in [6.07, 6.45) is 2.99.